The number of rotatable bonds is 8. The van der Waals surface area contributed by atoms with Crippen LogP contribution in [0.3, 0.4) is 0 Å². The van der Waals surface area contributed by atoms with Crippen molar-refractivity contribution in [3.63, 3.8) is 0 Å². The Morgan fingerprint density at radius 2 is 1.56 bits per heavy atom. The summed E-state index contributed by atoms with van der Waals surface area (Å²) in [5.74, 6) is 0. The molecule has 0 bridgehead atoms. The first-order valence-electron chi connectivity index (χ1n) is 8.66. The van der Waals surface area contributed by atoms with E-state index in [1.807, 2.05) is 23.1 Å². The van der Waals surface area contributed by atoms with Crippen molar-refractivity contribution in [2.24, 2.45) is 0 Å². The van der Waals surface area contributed by atoms with Crippen LogP contribution in [0.4, 0.5) is 17.1 Å². The van der Waals surface area contributed by atoms with E-state index in [-0.39, 0.29) is 12.0 Å². The summed E-state index contributed by atoms with van der Waals surface area (Å²) >= 11 is 0. The molecule has 0 unspecified atom stereocenters. The van der Waals surface area contributed by atoms with Crippen LogP contribution in [0.2, 0.25) is 0 Å². The number of nitrogens with zero attached hydrogens (tertiary/aromatic N) is 2. The van der Waals surface area contributed by atoms with Crippen LogP contribution in [0.5, 0.6) is 0 Å². The van der Waals surface area contributed by atoms with Gasteiger partial charge in [-0.25, -0.2) is 0 Å². The van der Waals surface area contributed by atoms with Gasteiger partial charge in [0, 0.05) is 51.5 Å². The Kier molecular flexibility index (Phi) is 5.67. The van der Waals surface area contributed by atoms with Crippen LogP contribution < -0.4 is 31.3 Å². The summed E-state index contributed by atoms with van der Waals surface area (Å²) < 4.78 is 0. The number of piperazine rings is 1. The van der Waals surface area contributed by atoms with E-state index in [2.05, 4.69) is 27.7 Å². The zero-order valence-electron chi connectivity index (χ0n) is 14.2. The lowest BCUT2D eigenvalue weighted by molar-refractivity contribution is 0.293. The second-order valence-corrected chi connectivity index (χ2v) is 6.09. The Labute approximate surface area is 146 Å². The van der Waals surface area contributed by atoms with Crippen LogP contribution in [-0.2, 0) is 0 Å². The molecule has 25 heavy (non-hydrogen) atoms. The fourth-order valence-corrected chi connectivity index (χ4v) is 3.15. The summed E-state index contributed by atoms with van der Waals surface area (Å²) in [5, 5.41) is 14.8. The number of hydrogen-bond acceptors (Lipinski definition) is 7. The number of hydrogen-bond donors (Lipinski definition) is 3. The van der Waals surface area contributed by atoms with E-state index in [4.69, 9.17) is 5.11 Å². The summed E-state index contributed by atoms with van der Waals surface area (Å²) in [6, 6.07) is 10.2. The second-order valence-electron chi connectivity index (χ2n) is 6.09. The van der Waals surface area contributed by atoms with E-state index in [0.29, 0.717) is 31.0 Å². The molecule has 0 spiro atoms. The van der Waals surface area contributed by atoms with Gasteiger partial charge in [0.25, 0.3) is 10.9 Å². The fourth-order valence-electron chi connectivity index (χ4n) is 3.15. The molecule has 1 heterocycles. The van der Waals surface area contributed by atoms with Crippen molar-refractivity contribution in [1.29, 1.82) is 0 Å². The summed E-state index contributed by atoms with van der Waals surface area (Å²) in [5.41, 5.74) is 1.32. The third kappa shape index (κ3) is 3.83. The van der Waals surface area contributed by atoms with Gasteiger partial charge in [-0.1, -0.05) is 18.2 Å². The van der Waals surface area contributed by atoms with Crippen LogP contribution >= 0.6 is 0 Å². The van der Waals surface area contributed by atoms with Crippen molar-refractivity contribution in [2.75, 3.05) is 67.5 Å². The lowest BCUT2D eigenvalue weighted by atomic mass is 10.1. The van der Waals surface area contributed by atoms with E-state index in [9.17, 15) is 9.59 Å². The van der Waals surface area contributed by atoms with Crippen LogP contribution in [-0.4, -0.2) is 57.5 Å². The largest absolute Gasteiger partial charge is 0.395 e. The minimum absolute atomic E-state index is 0.0804. The fraction of sp³-hybridized carbons (Fsp3) is 0.444. The van der Waals surface area contributed by atoms with Crippen LogP contribution in [0, 0.1) is 0 Å². The lowest BCUT2D eigenvalue weighted by Crippen LogP contribution is -2.51. The standard InChI is InChI=1S/C18H24N4O3/c23-13-8-19-6-7-20-15-16(18(25)17(15)24)22-11-9-21(10-12-22)14-4-2-1-3-5-14/h1-5,19-20,23H,6-13H2. The van der Waals surface area contributed by atoms with Gasteiger partial charge in [0.2, 0.25) is 0 Å². The number of aliphatic hydroxyl groups excluding tert-OH is 1. The minimum Gasteiger partial charge on any atom is -0.395 e. The molecule has 0 radical (unpaired) electrons. The second kappa shape index (κ2) is 8.13. The normalized spacial score (nSPS) is 14.9. The monoisotopic (exact) mass is 344 g/mol. The maximum Gasteiger partial charge on any atom is 0.253 e. The predicted molar refractivity (Wildman–Crippen MR) is 101 cm³/mol. The third-order valence-electron chi connectivity index (χ3n) is 4.49. The molecule has 0 aliphatic carbocycles. The predicted octanol–water partition coefficient (Wildman–Crippen LogP) is -0.397. The van der Waals surface area contributed by atoms with E-state index in [1.54, 1.807) is 0 Å². The molecular weight excluding hydrogens is 320 g/mol. The molecule has 2 aromatic carbocycles. The van der Waals surface area contributed by atoms with Gasteiger partial charge >= 0.3 is 0 Å². The SMILES string of the molecule is O=c1c(NCCNCCO)c(N2CCN(c3ccccc3)CC2)c1=O. The van der Waals surface area contributed by atoms with E-state index >= 15 is 0 Å². The number of nitrogens with one attached hydrogen (secondary N) is 2. The first-order chi connectivity index (χ1) is 12.2. The molecule has 0 atom stereocenters. The van der Waals surface area contributed by atoms with Crippen molar-refractivity contribution in [1.82, 2.24) is 5.32 Å². The van der Waals surface area contributed by atoms with Gasteiger partial charge in [-0.15, -0.1) is 0 Å². The average molecular weight is 344 g/mol. The molecule has 1 aliphatic heterocycles. The minimum atomic E-state index is -0.428. The smallest absolute Gasteiger partial charge is 0.253 e. The van der Waals surface area contributed by atoms with Gasteiger partial charge in [0.1, 0.15) is 11.4 Å². The van der Waals surface area contributed by atoms with Gasteiger partial charge in [-0.3, -0.25) is 9.59 Å². The highest BCUT2D eigenvalue weighted by atomic mass is 16.3. The number of benzene rings is 1. The molecule has 134 valence electrons. The number of aliphatic hydroxyl groups is 1. The van der Waals surface area contributed by atoms with Gasteiger partial charge < -0.3 is 25.5 Å². The van der Waals surface area contributed by atoms with Crippen molar-refractivity contribution in [2.45, 2.75) is 0 Å². The van der Waals surface area contributed by atoms with Gasteiger partial charge in [-0.2, -0.15) is 0 Å². The van der Waals surface area contributed by atoms with Crippen LogP contribution in [0.25, 0.3) is 0 Å². The highest BCUT2D eigenvalue weighted by molar-refractivity contribution is 5.75. The van der Waals surface area contributed by atoms with Crippen LogP contribution in [0.15, 0.2) is 39.9 Å². The van der Waals surface area contributed by atoms with Crippen LogP contribution in [0.1, 0.15) is 0 Å². The van der Waals surface area contributed by atoms with Crippen molar-refractivity contribution < 1.29 is 5.11 Å². The van der Waals surface area contributed by atoms with Crippen molar-refractivity contribution in [3.05, 3.63) is 50.8 Å². The molecule has 2 aromatic rings. The molecule has 1 fully saturated rings. The van der Waals surface area contributed by atoms with Crippen molar-refractivity contribution >= 4 is 17.1 Å². The summed E-state index contributed by atoms with van der Waals surface area (Å²) in [4.78, 5) is 28.2. The molecule has 7 nitrogen and oxygen atoms in total. The molecule has 0 amide bonds. The topological polar surface area (TPSA) is 84.9 Å². The molecule has 3 rings (SSSR count). The first-order valence-corrected chi connectivity index (χ1v) is 8.66. The number of anilines is 3. The highest BCUT2D eigenvalue weighted by Gasteiger charge is 2.28. The highest BCUT2D eigenvalue weighted by Crippen LogP contribution is 2.23. The maximum absolute atomic E-state index is 12.0. The quantitative estimate of drug-likeness (QED) is 0.444. The van der Waals surface area contributed by atoms with E-state index in [1.165, 1.54) is 5.69 Å². The summed E-state index contributed by atoms with van der Waals surface area (Å²) in [6.45, 7) is 4.84. The lowest BCUT2D eigenvalue weighted by Gasteiger charge is -2.38. The van der Waals surface area contributed by atoms with Gasteiger partial charge in [0.15, 0.2) is 0 Å². The molecule has 0 saturated carbocycles. The molecule has 1 saturated heterocycles. The Morgan fingerprint density at radius 1 is 0.880 bits per heavy atom. The Morgan fingerprint density at radius 3 is 2.24 bits per heavy atom. The summed E-state index contributed by atoms with van der Waals surface area (Å²) in [6.07, 6.45) is 0. The Balaban J connectivity index is 1.57. The van der Waals surface area contributed by atoms with Crippen molar-refractivity contribution in [3.8, 4) is 0 Å². The van der Waals surface area contributed by atoms with Gasteiger partial charge in [0.05, 0.1) is 6.61 Å². The third-order valence-corrected chi connectivity index (χ3v) is 4.49. The Hall–Kier alpha value is -2.38. The van der Waals surface area contributed by atoms with E-state index in [0.717, 1.165) is 26.2 Å². The van der Waals surface area contributed by atoms with Gasteiger partial charge in [-0.05, 0) is 12.1 Å². The molecule has 3 N–H and O–H groups in total. The molecular formula is C18H24N4O3. The molecule has 7 heteroatoms. The average Bonchev–Trinajstić information content (AvgIpc) is 2.67. The zero-order valence-corrected chi connectivity index (χ0v) is 14.2. The maximum atomic E-state index is 12.0. The zero-order chi connectivity index (χ0) is 17.6. The van der Waals surface area contributed by atoms with E-state index < -0.39 is 5.43 Å². The number of para-hydroxylation sites is 1. The molecule has 0 aromatic heterocycles. The first kappa shape index (κ1) is 17.4. The summed E-state index contributed by atoms with van der Waals surface area (Å²) in [7, 11) is 0. The molecule has 1 aliphatic rings. The Bertz CT molecular complexity index is 747.